The van der Waals surface area contributed by atoms with E-state index >= 15 is 0 Å². The molecule has 1 aromatic carbocycles. The van der Waals surface area contributed by atoms with Crippen molar-refractivity contribution in [3.8, 4) is 0 Å². The van der Waals surface area contributed by atoms with Crippen LogP contribution in [0.1, 0.15) is 19.8 Å². The van der Waals surface area contributed by atoms with Gasteiger partial charge in [-0.15, -0.1) is 0 Å². The highest BCUT2D eigenvalue weighted by Crippen LogP contribution is 2.41. The van der Waals surface area contributed by atoms with Crippen LogP contribution in [-0.4, -0.2) is 15.8 Å². The monoisotopic (exact) mass is 290 g/mol. The number of anilines is 1. The molecule has 2 fully saturated rings. The number of hydrogen-bond donors (Lipinski definition) is 2. The maximum Gasteiger partial charge on any atom is 0.207 e. The number of thiazole rings is 1. The molecule has 2 heterocycles. The van der Waals surface area contributed by atoms with Gasteiger partial charge in [0.2, 0.25) is 5.13 Å². The molecule has 1 aromatic heterocycles. The number of thiocarbonyl (C=S) groups is 1. The van der Waals surface area contributed by atoms with Crippen molar-refractivity contribution in [2.75, 3.05) is 5.01 Å². The van der Waals surface area contributed by atoms with Crippen molar-refractivity contribution in [2.24, 2.45) is 5.92 Å². The maximum atomic E-state index is 5.44. The first-order chi connectivity index (χ1) is 9.16. The van der Waals surface area contributed by atoms with Crippen LogP contribution in [0.3, 0.4) is 0 Å². The summed E-state index contributed by atoms with van der Waals surface area (Å²) in [6, 6.07) is 8.16. The third-order valence-corrected chi connectivity index (χ3v) is 5.09. The van der Waals surface area contributed by atoms with Crippen LogP contribution in [0.15, 0.2) is 24.3 Å². The van der Waals surface area contributed by atoms with Crippen LogP contribution < -0.4 is 15.8 Å². The number of benzene rings is 1. The number of nitrogens with zero attached hydrogens (tertiary/aromatic N) is 2. The molecule has 2 aliphatic rings. The Balaban J connectivity index is 1.70. The van der Waals surface area contributed by atoms with Crippen molar-refractivity contribution in [3.05, 3.63) is 24.3 Å². The highest BCUT2D eigenvalue weighted by Gasteiger charge is 2.48. The molecule has 0 bridgehead atoms. The molecule has 19 heavy (non-hydrogen) atoms. The van der Waals surface area contributed by atoms with Gasteiger partial charge in [-0.05, 0) is 50.0 Å². The largest absolute Gasteiger partial charge is 0.342 e. The molecule has 0 spiro atoms. The zero-order valence-electron chi connectivity index (χ0n) is 10.5. The molecule has 1 saturated carbocycles. The van der Waals surface area contributed by atoms with Gasteiger partial charge in [-0.3, -0.25) is 0 Å². The molecule has 4 rings (SSSR count). The van der Waals surface area contributed by atoms with Crippen molar-refractivity contribution in [3.63, 3.8) is 0 Å². The fourth-order valence-corrected chi connectivity index (χ4v) is 3.87. The van der Waals surface area contributed by atoms with E-state index < -0.39 is 0 Å². The summed E-state index contributed by atoms with van der Waals surface area (Å²) in [5, 5.41) is 6.93. The number of hydrazine groups is 1. The fraction of sp³-hybridized carbons (Fsp3) is 0.385. The molecule has 4 nitrogen and oxygen atoms in total. The van der Waals surface area contributed by atoms with E-state index in [2.05, 4.69) is 28.7 Å². The van der Waals surface area contributed by atoms with Gasteiger partial charge in [0, 0.05) is 0 Å². The van der Waals surface area contributed by atoms with Gasteiger partial charge in [0.25, 0.3) is 0 Å². The summed E-state index contributed by atoms with van der Waals surface area (Å²) in [6.45, 7) is 2.17. The average Bonchev–Trinajstić information content (AvgIpc) is 3.09. The quantitative estimate of drug-likeness (QED) is 0.832. The summed E-state index contributed by atoms with van der Waals surface area (Å²) in [5.74, 6) is 0.657. The van der Waals surface area contributed by atoms with Gasteiger partial charge in [0.05, 0.1) is 10.2 Å². The second-order valence-corrected chi connectivity index (χ2v) is 6.71. The molecular weight excluding hydrogens is 276 g/mol. The first kappa shape index (κ1) is 11.6. The lowest BCUT2D eigenvalue weighted by Crippen LogP contribution is -2.50. The van der Waals surface area contributed by atoms with Crippen LogP contribution in [0.2, 0.25) is 0 Å². The number of hydrogen-bond acceptors (Lipinski definition) is 4. The molecular formula is C13H14N4S2. The number of para-hydroxylation sites is 1. The van der Waals surface area contributed by atoms with Crippen LogP contribution in [0.25, 0.3) is 10.2 Å². The van der Waals surface area contributed by atoms with E-state index in [1.54, 1.807) is 11.3 Å². The number of nitrogens with one attached hydrogen (secondary N) is 2. The molecule has 1 aliphatic carbocycles. The van der Waals surface area contributed by atoms with Crippen molar-refractivity contribution < 1.29 is 0 Å². The SMILES string of the molecule is CC1(C2CC2)NC(=S)N(c2nc3ccccc3s2)N1. The van der Waals surface area contributed by atoms with Gasteiger partial charge >= 0.3 is 0 Å². The Morgan fingerprint density at radius 3 is 2.95 bits per heavy atom. The molecule has 2 N–H and O–H groups in total. The Hall–Kier alpha value is -1.24. The lowest BCUT2D eigenvalue weighted by molar-refractivity contribution is 0.325. The normalized spacial score (nSPS) is 27.0. The summed E-state index contributed by atoms with van der Waals surface area (Å²) >= 11 is 7.10. The molecule has 1 saturated heterocycles. The van der Waals surface area contributed by atoms with Gasteiger partial charge < -0.3 is 5.32 Å². The summed E-state index contributed by atoms with van der Waals surface area (Å²) in [5.41, 5.74) is 4.39. The van der Waals surface area contributed by atoms with Gasteiger partial charge in [0.15, 0.2) is 5.11 Å². The topological polar surface area (TPSA) is 40.2 Å². The Bertz CT molecular complexity index is 630. The minimum atomic E-state index is -0.116. The Labute approximate surface area is 120 Å². The molecule has 1 aliphatic heterocycles. The van der Waals surface area contributed by atoms with Crippen LogP contribution >= 0.6 is 23.6 Å². The predicted octanol–water partition coefficient (Wildman–Crippen LogP) is 2.62. The van der Waals surface area contributed by atoms with Crippen molar-refractivity contribution >= 4 is 44.0 Å². The van der Waals surface area contributed by atoms with Crippen LogP contribution in [0, 0.1) is 5.92 Å². The first-order valence-corrected chi connectivity index (χ1v) is 7.64. The molecule has 0 amide bonds. The Kier molecular flexibility index (Phi) is 2.36. The average molecular weight is 290 g/mol. The van der Waals surface area contributed by atoms with Crippen molar-refractivity contribution in [1.82, 2.24) is 15.7 Å². The lowest BCUT2D eigenvalue weighted by atomic mass is 10.1. The second kappa shape index (κ2) is 3.88. The fourth-order valence-electron chi connectivity index (χ4n) is 2.53. The first-order valence-electron chi connectivity index (χ1n) is 6.41. The van der Waals surface area contributed by atoms with E-state index in [1.165, 1.54) is 17.5 Å². The van der Waals surface area contributed by atoms with Crippen molar-refractivity contribution in [2.45, 2.75) is 25.4 Å². The zero-order chi connectivity index (χ0) is 13.0. The van der Waals surface area contributed by atoms with Crippen LogP contribution in [0.5, 0.6) is 0 Å². The molecule has 6 heteroatoms. The van der Waals surface area contributed by atoms with E-state index in [4.69, 9.17) is 12.2 Å². The Morgan fingerprint density at radius 1 is 1.42 bits per heavy atom. The summed E-state index contributed by atoms with van der Waals surface area (Å²) in [6.07, 6.45) is 2.51. The molecule has 1 unspecified atom stereocenters. The molecule has 98 valence electrons. The smallest absolute Gasteiger partial charge is 0.207 e. The predicted molar refractivity (Wildman–Crippen MR) is 82.1 cm³/mol. The highest BCUT2D eigenvalue weighted by atomic mass is 32.1. The summed E-state index contributed by atoms with van der Waals surface area (Å²) < 4.78 is 1.18. The van der Waals surface area contributed by atoms with Crippen LogP contribution in [0.4, 0.5) is 5.13 Å². The van der Waals surface area contributed by atoms with E-state index in [1.807, 2.05) is 23.2 Å². The molecule has 0 radical (unpaired) electrons. The third kappa shape index (κ3) is 1.82. The lowest BCUT2D eigenvalue weighted by Gasteiger charge is -2.24. The maximum absolute atomic E-state index is 5.44. The van der Waals surface area contributed by atoms with Gasteiger partial charge in [0.1, 0.15) is 5.66 Å². The van der Waals surface area contributed by atoms with E-state index in [0.29, 0.717) is 11.0 Å². The minimum Gasteiger partial charge on any atom is -0.342 e. The van der Waals surface area contributed by atoms with Crippen molar-refractivity contribution in [1.29, 1.82) is 0 Å². The highest BCUT2D eigenvalue weighted by molar-refractivity contribution is 7.80. The van der Waals surface area contributed by atoms with Crippen LogP contribution in [-0.2, 0) is 0 Å². The zero-order valence-corrected chi connectivity index (χ0v) is 12.1. The van der Waals surface area contributed by atoms with E-state index in [0.717, 1.165) is 10.6 Å². The third-order valence-electron chi connectivity index (χ3n) is 3.78. The molecule has 1 atom stereocenters. The molecule has 2 aromatic rings. The number of aromatic nitrogens is 1. The number of fused-ring (bicyclic) bond motifs is 1. The van der Waals surface area contributed by atoms with E-state index in [-0.39, 0.29) is 5.66 Å². The van der Waals surface area contributed by atoms with Gasteiger partial charge in [-0.2, -0.15) is 0 Å². The number of rotatable bonds is 2. The van der Waals surface area contributed by atoms with Gasteiger partial charge in [-0.25, -0.2) is 15.4 Å². The summed E-state index contributed by atoms with van der Waals surface area (Å²) in [7, 11) is 0. The van der Waals surface area contributed by atoms with Gasteiger partial charge in [-0.1, -0.05) is 23.5 Å². The minimum absolute atomic E-state index is 0.116. The Morgan fingerprint density at radius 2 is 2.21 bits per heavy atom. The van der Waals surface area contributed by atoms with E-state index in [9.17, 15) is 0 Å². The second-order valence-electron chi connectivity index (χ2n) is 5.32. The standard InChI is InChI=1S/C13H14N4S2/c1-13(8-6-7-8)15-11(18)17(16-13)12-14-9-4-2-3-5-10(9)19-12/h2-5,8,16H,6-7H2,1H3,(H,15,18). The summed E-state index contributed by atoms with van der Waals surface area (Å²) in [4.78, 5) is 4.64.